The van der Waals surface area contributed by atoms with E-state index < -0.39 is 29.2 Å². The van der Waals surface area contributed by atoms with E-state index in [2.05, 4.69) is 9.97 Å². The second kappa shape index (κ2) is 9.60. The second-order valence-electron chi connectivity index (χ2n) is 6.81. The Morgan fingerprint density at radius 1 is 1.22 bits per heavy atom. The number of hydrogen-bond donors (Lipinski definition) is 1. The maximum Gasteiger partial charge on any atom is 0.266 e. The van der Waals surface area contributed by atoms with Crippen LogP contribution in [0.3, 0.4) is 0 Å². The smallest absolute Gasteiger partial charge is 0.266 e. The minimum Gasteiger partial charge on any atom is -0.384 e. The number of carbonyl (C=O) groups excluding carboxylic acids is 1. The van der Waals surface area contributed by atoms with Gasteiger partial charge in [0, 0.05) is 25.1 Å². The molecule has 0 fully saturated rings. The summed E-state index contributed by atoms with van der Waals surface area (Å²) in [6.07, 6.45) is 2.58. The van der Waals surface area contributed by atoms with E-state index in [0.29, 0.717) is 5.56 Å². The zero-order chi connectivity index (χ0) is 23.5. The van der Waals surface area contributed by atoms with Gasteiger partial charge in [-0.2, -0.15) is 0 Å². The minimum atomic E-state index is -4.27. The standard InChI is InChI=1S/C21H20ClFN4O4S/c1-13-3-4-17(7-15(13)10-23)32(29,30)27(12-31-2)18-9-16(22)11-26-20(18)21(28)14-5-6-25-19(24)8-14/h3-9,11H,10,12H2,1-2H3,(H2,24,25). The number of aryl methyl sites for hydroxylation is 1. The Bertz CT molecular complexity index is 1270. The average Bonchev–Trinajstić information content (AvgIpc) is 2.77. The molecular weight excluding hydrogens is 459 g/mol. The lowest BCUT2D eigenvalue weighted by Crippen LogP contribution is -2.34. The number of nitrogens with zero attached hydrogens (tertiary/aromatic N) is 3. The van der Waals surface area contributed by atoms with Gasteiger partial charge in [-0.25, -0.2) is 27.1 Å². The van der Waals surface area contributed by atoms with Gasteiger partial charge >= 0.3 is 0 Å². The molecule has 168 valence electrons. The van der Waals surface area contributed by atoms with E-state index in [-0.39, 0.29) is 38.2 Å². The summed E-state index contributed by atoms with van der Waals surface area (Å²) in [5.41, 5.74) is 6.40. The lowest BCUT2D eigenvalue weighted by Gasteiger charge is -2.25. The van der Waals surface area contributed by atoms with Gasteiger partial charge in [0.15, 0.2) is 0 Å². The van der Waals surface area contributed by atoms with Crippen LogP contribution < -0.4 is 10.0 Å². The zero-order valence-corrected chi connectivity index (χ0v) is 18.8. The summed E-state index contributed by atoms with van der Waals surface area (Å²) >= 11 is 6.09. The first-order chi connectivity index (χ1) is 15.2. The number of rotatable bonds is 8. The Hall–Kier alpha value is -3.08. The molecule has 0 bridgehead atoms. The number of sulfonamides is 1. The summed E-state index contributed by atoms with van der Waals surface area (Å²) in [7, 11) is -2.98. The molecule has 0 amide bonds. The van der Waals surface area contributed by atoms with Crippen molar-refractivity contribution in [3.05, 3.63) is 76.2 Å². The van der Waals surface area contributed by atoms with Crippen LogP contribution in [0.5, 0.6) is 0 Å². The number of methoxy groups -OCH3 is 1. The quantitative estimate of drug-likeness (QED) is 0.389. The summed E-state index contributed by atoms with van der Waals surface area (Å²) in [4.78, 5) is 20.9. The number of anilines is 2. The highest BCUT2D eigenvalue weighted by Gasteiger charge is 2.30. The van der Waals surface area contributed by atoms with Gasteiger partial charge < -0.3 is 10.5 Å². The molecule has 2 aromatic heterocycles. The number of alkyl halides is 1. The molecule has 0 aliphatic carbocycles. The van der Waals surface area contributed by atoms with Gasteiger partial charge in [0.1, 0.15) is 24.9 Å². The van der Waals surface area contributed by atoms with Crippen molar-refractivity contribution in [2.45, 2.75) is 18.5 Å². The highest BCUT2D eigenvalue weighted by atomic mass is 35.5. The van der Waals surface area contributed by atoms with E-state index in [1.165, 1.54) is 55.9 Å². The summed E-state index contributed by atoms with van der Waals surface area (Å²) in [5.74, 6) is -0.471. The maximum absolute atomic E-state index is 13.5. The van der Waals surface area contributed by atoms with Gasteiger partial charge in [0.25, 0.3) is 10.0 Å². The number of carbonyl (C=O) groups is 1. The fourth-order valence-electron chi connectivity index (χ4n) is 2.99. The average molecular weight is 479 g/mol. The first-order valence-corrected chi connectivity index (χ1v) is 11.1. The number of pyridine rings is 2. The van der Waals surface area contributed by atoms with Crippen molar-refractivity contribution in [3.8, 4) is 0 Å². The third-order valence-corrected chi connectivity index (χ3v) is 6.60. The molecule has 11 heteroatoms. The largest absolute Gasteiger partial charge is 0.384 e. The highest BCUT2D eigenvalue weighted by molar-refractivity contribution is 7.92. The number of ketones is 1. The Labute approximate surface area is 189 Å². The molecule has 0 spiro atoms. The van der Waals surface area contributed by atoms with Crippen LogP contribution in [0.4, 0.5) is 15.9 Å². The monoisotopic (exact) mass is 478 g/mol. The molecule has 2 N–H and O–H groups in total. The lowest BCUT2D eigenvalue weighted by atomic mass is 10.1. The van der Waals surface area contributed by atoms with E-state index in [1.807, 2.05) is 0 Å². The van der Waals surface area contributed by atoms with E-state index >= 15 is 0 Å². The van der Waals surface area contributed by atoms with Gasteiger partial charge in [0.05, 0.1) is 15.6 Å². The minimum absolute atomic E-state index is 0.0953. The lowest BCUT2D eigenvalue weighted by molar-refractivity contribution is 0.103. The van der Waals surface area contributed by atoms with Gasteiger partial charge in [-0.1, -0.05) is 17.7 Å². The number of aromatic nitrogens is 2. The van der Waals surface area contributed by atoms with Crippen molar-refractivity contribution in [2.75, 3.05) is 23.9 Å². The number of nitrogen functional groups attached to an aromatic ring is 1. The molecule has 0 radical (unpaired) electrons. The molecule has 0 atom stereocenters. The van der Waals surface area contributed by atoms with E-state index in [9.17, 15) is 17.6 Å². The third-order valence-electron chi connectivity index (χ3n) is 4.66. The fraction of sp³-hybridized carbons (Fsp3) is 0.190. The molecule has 1 aromatic carbocycles. The molecule has 8 nitrogen and oxygen atoms in total. The van der Waals surface area contributed by atoms with Crippen molar-refractivity contribution in [3.63, 3.8) is 0 Å². The molecule has 2 heterocycles. The van der Waals surface area contributed by atoms with Crippen molar-refractivity contribution in [1.82, 2.24) is 9.97 Å². The van der Waals surface area contributed by atoms with E-state index in [1.54, 1.807) is 6.92 Å². The number of benzene rings is 1. The first-order valence-electron chi connectivity index (χ1n) is 9.28. The van der Waals surface area contributed by atoms with Gasteiger partial charge in [-0.05, 0) is 48.4 Å². The molecule has 0 aliphatic rings. The van der Waals surface area contributed by atoms with Crippen molar-refractivity contribution in [2.24, 2.45) is 0 Å². The Morgan fingerprint density at radius 3 is 2.62 bits per heavy atom. The molecule has 3 rings (SSSR count). The Morgan fingerprint density at radius 2 is 1.97 bits per heavy atom. The highest BCUT2D eigenvalue weighted by Crippen LogP contribution is 2.31. The summed E-state index contributed by atoms with van der Waals surface area (Å²) in [6, 6.07) is 8.19. The van der Waals surface area contributed by atoms with Gasteiger partial charge in [-0.3, -0.25) is 4.79 Å². The fourth-order valence-corrected chi connectivity index (χ4v) is 4.57. The van der Waals surface area contributed by atoms with Crippen molar-refractivity contribution in [1.29, 1.82) is 0 Å². The van der Waals surface area contributed by atoms with Crippen LogP contribution in [0, 0.1) is 6.92 Å². The molecule has 0 saturated carbocycles. The number of hydrogen-bond acceptors (Lipinski definition) is 7. The van der Waals surface area contributed by atoms with Gasteiger partial charge in [-0.15, -0.1) is 0 Å². The first kappa shape index (κ1) is 23.6. The predicted molar refractivity (Wildman–Crippen MR) is 119 cm³/mol. The summed E-state index contributed by atoms with van der Waals surface area (Å²) in [6.45, 7) is 0.406. The van der Waals surface area contributed by atoms with Crippen LogP contribution in [0.15, 0.2) is 53.7 Å². The van der Waals surface area contributed by atoms with E-state index in [0.717, 1.165) is 4.31 Å². The second-order valence-corrected chi connectivity index (χ2v) is 9.11. The van der Waals surface area contributed by atoms with Crippen LogP contribution >= 0.6 is 11.6 Å². The topological polar surface area (TPSA) is 115 Å². The van der Waals surface area contributed by atoms with Crippen LogP contribution in [0.25, 0.3) is 0 Å². The molecule has 0 unspecified atom stereocenters. The summed E-state index contributed by atoms with van der Waals surface area (Å²) in [5, 5.41) is 0.107. The number of nitrogens with two attached hydrogens (primary N) is 1. The number of ether oxygens (including phenoxy) is 1. The van der Waals surface area contributed by atoms with Crippen LogP contribution in [0.1, 0.15) is 27.2 Å². The molecule has 32 heavy (non-hydrogen) atoms. The Balaban J connectivity index is 2.18. The maximum atomic E-state index is 13.5. The number of halogens is 2. The molecule has 0 aliphatic heterocycles. The predicted octanol–water partition coefficient (Wildman–Crippen LogP) is 3.52. The third kappa shape index (κ3) is 4.72. The Kier molecular flexibility index (Phi) is 7.07. The molecule has 0 saturated heterocycles. The van der Waals surface area contributed by atoms with Crippen molar-refractivity contribution < 1.29 is 22.3 Å². The SMILES string of the molecule is COCN(c1cc(Cl)cnc1C(=O)c1ccnc(N)c1)S(=O)(=O)c1ccc(C)c(CF)c1. The molecule has 3 aromatic rings. The van der Waals surface area contributed by atoms with E-state index in [4.69, 9.17) is 22.1 Å². The zero-order valence-electron chi connectivity index (χ0n) is 17.2. The van der Waals surface area contributed by atoms with Crippen LogP contribution in [0.2, 0.25) is 5.02 Å². The van der Waals surface area contributed by atoms with Gasteiger partial charge in [0.2, 0.25) is 5.78 Å². The van der Waals surface area contributed by atoms with Crippen molar-refractivity contribution >= 4 is 38.9 Å². The summed E-state index contributed by atoms with van der Waals surface area (Å²) < 4.78 is 46.3. The van der Waals surface area contributed by atoms with Crippen LogP contribution in [-0.2, 0) is 21.4 Å². The molecular formula is C21H20ClFN4O4S. The normalized spacial score (nSPS) is 11.4. The van der Waals surface area contributed by atoms with Crippen LogP contribution in [-0.4, -0.2) is 38.0 Å².